The Kier molecular flexibility index (Phi) is 4.33. The zero-order valence-corrected chi connectivity index (χ0v) is 14.7. The lowest BCUT2D eigenvalue weighted by Crippen LogP contribution is -2.10. The summed E-state index contributed by atoms with van der Waals surface area (Å²) in [5, 5.41) is 1.62. The van der Waals surface area contributed by atoms with Crippen LogP contribution in [0.5, 0.6) is 0 Å². The molecule has 0 radical (unpaired) electrons. The van der Waals surface area contributed by atoms with Gasteiger partial charge in [0.15, 0.2) is 5.76 Å². The van der Waals surface area contributed by atoms with Gasteiger partial charge < -0.3 is 4.42 Å². The third-order valence-electron chi connectivity index (χ3n) is 3.92. The van der Waals surface area contributed by atoms with Crippen LogP contribution >= 0.6 is 11.6 Å². The summed E-state index contributed by atoms with van der Waals surface area (Å²) < 4.78 is 5.68. The number of hydrogen-bond acceptors (Lipinski definition) is 2. The van der Waals surface area contributed by atoms with E-state index < -0.39 is 0 Å². The Morgan fingerprint density at radius 1 is 1.04 bits per heavy atom. The number of carbonyl (C=O) groups excluding carboxylic acids is 1. The molecule has 0 aliphatic heterocycles. The van der Waals surface area contributed by atoms with Crippen LogP contribution in [0.15, 0.2) is 59.0 Å². The average molecular weight is 339 g/mol. The number of hydrogen-bond donors (Lipinski definition) is 0. The van der Waals surface area contributed by atoms with E-state index in [1.807, 2.05) is 24.3 Å². The van der Waals surface area contributed by atoms with Gasteiger partial charge in [-0.1, -0.05) is 56.6 Å². The number of halogens is 1. The van der Waals surface area contributed by atoms with E-state index in [4.69, 9.17) is 16.0 Å². The van der Waals surface area contributed by atoms with Gasteiger partial charge in [-0.15, -0.1) is 0 Å². The Labute approximate surface area is 146 Å². The number of rotatable bonds is 3. The zero-order chi connectivity index (χ0) is 17.3. The molecule has 0 bridgehead atoms. The van der Waals surface area contributed by atoms with Crippen LogP contribution in [0.4, 0.5) is 0 Å². The number of furan rings is 1. The molecular formula is C21H19ClO2. The van der Waals surface area contributed by atoms with E-state index in [1.54, 1.807) is 24.3 Å². The molecule has 3 rings (SSSR count). The highest BCUT2D eigenvalue weighted by molar-refractivity contribution is 6.30. The molecule has 122 valence electrons. The second-order valence-corrected chi connectivity index (χ2v) is 7.30. The third-order valence-corrected chi connectivity index (χ3v) is 4.17. The van der Waals surface area contributed by atoms with Gasteiger partial charge in [0.25, 0.3) is 0 Å². The van der Waals surface area contributed by atoms with Crippen LogP contribution in [0, 0.1) is 0 Å². The highest BCUT2D eigenvalue weighted by atomic mass is 35.5. The molecule has 0 atom stereocenters. The molecule has 0 amide bonds. The van der Waals surface area contributed by atoms with Crippen LogP contribution in [0.2, 0.25) is 5.02 Å². The predicted molar refractivity (Wildman–Crippen MR) is 99.7 cm³/mol. The molecule has 1 heterocycles. The smallest absolute Gasteiger partial charge is 0.221 e. The maximum Gasteiger partial charge on any atom is 0.221 e. The first-order chi connectivity index (χ1) is 11.3. The lowest BCUT2D eigenvalue weighted by Gasteiger charge is -2.18. The SMILES string of the molecule is CC(C)(C)c1ccc2oc(C(=O)/C=C/c3ccc(Cl)cc3)cc2c1. The number of benzene rings is 2. The van der Waals surface area contributed by atoms with E-state index in [0.717, 1.165) is 16.5 Å². The summed E-state index contributed by atoms with van der Waals surface area (Å²) in [6, 6.07) is 15.2. The molecule has 0 unspecified atom stereocenters. The Hall–Kier alpha value is -2.32. The molecule has 0 saturated heterocycles. The van der Waals surface area contributed by atoms with Crippen LogP contribution in [-0.4, -0.2) is 5.78 Å². The summed E-state index contributed by atoms with van der Waals surface area (Å²) in [7, 11) is 0. The largest absolute Gasteiger partial charge is 0.453 e. The molecule has 0 aliphatic rings. The quantitative estimate of drug-likeness (QED) is 0.415. The van der Waals surface area contributed by atoms with Crippen molar-refractivity contribution in [2.75, 3.05) is 0 Å². The van der Waals surface area contributed by atoms with Gasteiger partial charge in [-0.3, -0.25) is 4.79 Å². The van der Waals surface area contributed by atoms with Gasteiger partial charge in [-0.05, 0) is 52.9 Å². The van der Waals surface area contributed by atoms with E-state index in [2.05, 4.69) is 26.8 Å². The van der Waals surface area contributed by atoms with Gasteiger partial charge in [0, 0.05) is 10.4 Å². The Bertz CT molecular complexity index is 909. The number of allylic oxidation sites excluding steroid dienone is 1. The molecule has 2 nitrogen and oxygen atoms in total. The Balaban J connectivity index is 1.86. The maximum atomic E-state index is 12.3. The third kappa shape index (κ3) is 3.60. The van der Waals surface area contributed by atoms with Crippen LogP contribution in [0.25, 0.3) is 17.0 Å². The second kappa shape index (κ2) is 6.29. The fourth-order valence-electron chi connectivity index (χ4n) is 2.46. The van der Waals surface area contributed by atoms with Gasteiger partial charge in [0.1, 0.15) is 5.58 Å². The van der Waals surface area contributed by atoms with Gasteiger partial charge in [0.05, 0.1) is 0 Å². The molecule has 24 heavy (non-hydrogen) atoms. The van der Waals surface area contributed by atoms with Crippen molar-refractivity contribution in [3.05, 3.63) is 76.5 Å². The molecule has 1 aromatic heterocycles. The van der Waals surface area contributed by atoms with Gasteiger partial charge in [-0.25, -0.2) is 0 Å². The first kappa shape index (κ1) is 16.5. The molecule has 0 N–H and O–H groups in total. The molecule has 0 spiro atoms. The van der Waals surface area contributed by atoms with Crippen molar-refractivity contribution in [3.63, 3.8) is 0 Å². The lowest BCUT2D eigenvalue weighted by atomic mass is 9.86. The van der Waals surface area contributed by atoms with Crippen molar-refractivity contribution in [2.24, 2.45) is 0 Å². The topological polar surface area (TPSA) is 30.2 Å². The Morgan fingerprint density at radius 2 is 1.75 bits per heavy atom. The molecule has 3 heteroatoms. The molecule has 0 aliphatic carbocycles. The van der Waals surface area contributed by atoms with Crippen molar-refractivity contribution in [1.82, 2.24) is 0 Å². The summed E-state index contributed by atoms with van der Waals surface area (Å²) >= 11 is 5.85. The Morgan fingerprint density at radius 3 is 2.42 bits per heavy atom. The number of fused-ring (bicyclic) bond motifs is 1. The number of ketones is 1. The van der Waals surface area contributed by atoms with Gasteiger partial charge >= 0.3 is 0 Å². The second-order valence-electron chi connectivity index (χ2n) is 6.86. The molecule has 2 aromatic carbocycles. The van der Waals surface area contributed by atoms with Crippen LogP contribution < -0.4 is 0 Å². The van der Waals surface area contributed by atoms with Crippen molar-refractivity contribution in [1.29, 1.82) is 0 Å². The standard InChI is InChI=1S/C21H19ClO2/c1-21(2,3)16-7-11-19-15(12-16)13-20(24-19)18(23)10-6-14-4-8-17(22)9-5-14/h4-13H,1-3H3/b10-6+. The maximum absolute atomic E-state index is 12.3. The summed E-state index contributed by atoms with van der Waals surface area (Å²) in [5.74, 6) is 0.194. The lowest BCUT2D eigenvalue weighted by molar-refractivity contribution is 0.102. The zero-order valence-electron chi connectivity index (χ0n) is 14.0. The fourth-order valence-corrected chi connectivity index (χ4v) is 2.59. The average Bonchev–Trinajstić information content (AvgIpc) is 2.96. The minimum absolute atomic E-state index is 0.0596. The minimum Gasteiger partial charge on any atom is -0.453 e. The van der Waals surface area contributed by atoms with Gasteiger partial charge in [0.2, 0.25) is 5.78 Å². The normalized spacial score (nSPS) is 12.2. The highest BCUT2D eigenvalue weighted by Crippen LogP contribution is 2.28. The summed E-state index contributed by atoms with van der Waals surface area (Å²) in [5.41, 5.74) is 2.92. The van der Waals surface area contributed by atoms with E-state index in [1.165, 1.54) is 11.6 Å². The van der Waals surface area contributed by atoms with Crippen LogP contribution in [-0.2, 0) is 5.41 Å². The minimum atomic E-state index is -0.154. The first-order valence-corrected chi connectivity index (χ1v) is 8.23. The summed E-state index contributed by atoms with van der Waals surface area (Å²) in [6.07, 6.45) is 3.28. The highest BCUT2D eigenvalue weighted by Gasteiger charge is 2.16. The van der Waals surface area contributed by atoms with E-state index in [9.17, 15) is 4.79 Å². The molecular weight excluding hydrogens is 320 g/mol. The van der Waals surface area contributed by atoms with Crippen molar-refractivity contribution >= 4 is 34.4 Å². The van der Waals surface area contributed by atoms with E-state index in [0.29, 0.717) is 10.8 Å². The number of carbonyl (C=O) groups is 1. The van der Waals surface area contributed by atoms with Crippen LogP contribution in [0.3, 0.4) is 0 Å². The van der Waals surface area contributed by atoms with E-state index >= 15 is 0 Å². The monoisotopic (exact) mass is 338 g/mol. The van der Waals surface area contributed by atoms with E-state index in [-0.39, 0.29) is 11.2 Å². The first-order valence-electron chi connectivity index (χ1n) is 7.85. The molecule has 0 saturated carbocycles. The molecule has 0 fully saturated rings. The van der Waals surface area contributed by atoms with Crippen molar-refractivity contribution in [2.45, 2.75) is 26.2 Å². The predicted octanol–water partition coefficient (Wildman–Crippen LogP) is 6.28. The van der Waals surface area contributed by atoms with Crippen molar-refractivity contribution in [3.8, 4) is 0 Å². The summed E-state index contributed by atoms with van der Waals surface area (Å²) in [6.45, 7) is 6.49. The van der Waals surface area contributed by atoms with Crippen molar-refractivity contribution < 1.29 is 9.21 Å². The van der Waals surface area contributed by atoms with Gasteiger partial charge in [-0.2, -0.15) is 0 Å². The van der Waals surface area contributed by atoms with Crippen LogP contribution in [0.1, 0.15) is 42.5 Å². The molecule has 3 aromatic rings. The fraction of sp³-hybridized carbons (Fsp3) is 0.190. The summed E-state index contributed by atoms with van der Waals surface area (Å²) in [4.78, 5) is 12.3.